The van der Waals surface area contributed by atoms with Gasteiger partial charge < -0.3 is 14.7 Å². The van der Waals surface area contributed by atoms with E-state index < -0.39 is 0 Å². The molecule has 5 nitrogen and oxygen atoms in total. The molecular formula is C14H21N3O2. The highest BCUT2D eigenvalue weighted by Gasteiger charge is 2.23. The number of rotatable bonds is 2. The van der Waals surface area contributed by atoms with Gasteiger partial charge in [-0.2, -0.15) is 0 Å². The van der Waals surface area contributed by atoms with Crippen LogP contribution in [0.2, 0.25) is 0 Å². The molecular weight excluding hydrogens is 242 g/mol. The molecule has 0 spiro atoms. The Morgan fingerprint density at radius 2 is 2.05 bits per heavy atom. The van der Waals surface area contributed by atoms with Gasteiger partial charge in [0.25, 0.3) is 0 Å². The van der Waals surface area contributed by atoms with Crippen LogP contribution >= 0.6 is 0 Å². The highest BCUT2D eigenvalue weighted by Crippen LogP contribution is 2.27. The van der Waals surface area contributed by atoms with E-state index in [1.807, 2.05) is 6.92 Å². The molecule has 0 bridgehead atoms. The van der Waals surface area contributed by atoms with Gasteiger partial charge in [0, 0.05) is 31.7 Å². The van der Waals surface area contributed by atoms with E-state index in [4.69, 9.17) is 4.74 Å². The number of aromatic nitrogens is 2. The van der Waals surface area contributed by atoms with E-state index in [-0.39, 0.29) is 6.10 Å². The first kappa shape index (κ1) is 12.8. The Kier molecular flexibility index (Phi) is 3.66. The summed E-state index contributed by atoms with van der Waals surface area (Å²) in [6.45, 7) is 5.30. The maximum absolute atomic E-state index is 9.58. The van der Waals surface area contributed by atoms with Gasteiger partial charge >= 0.3 is 0 Å². The molecule has 1 aromatic rings. The minimum absolute atomic E-state index is 0.151. The number of piperidine rings is 1. The highest BCUT2D eigenvalue weighted by molar-refractivity contribution is 5.41. The van der Waals surface area contributed by atoms with E-state index in [2.05, 4.69) is 20.9 Å². The van der Waals surface area contributed by atoms with Gasteiger partial charge in [0.15, 0.2) is 0 Å². The summed E-state index contributed by atoms with van der Waals surface area (Å²) in [6.07, 6.45) is 2.55. The molecule has 2 aliphatic rings. The maximum Gasteiger partial charge on any atom is 0.132 e. The standard InChI is InChI=1S/C14H21N3O2/c1-10-15-13(11-4-7-19-9-11)8-14(16-10)17-5-2-12(18)3-6-17/h8,11-12,18H,2-7,9H2,1H3. The first-order chi connectivity index (χ1) is 9.22. The Bertz CT molecular complexity index is 438. The van der Waals surface area contributed by atoms with Crippen molar-refractivity contribution in [2.45, 2.75) is 38.2 Å². The predicted molar refractivity (Wildman–Crippen MR) is 72.4 cm³/mol. The van der Waals surface area contributed by atoms with Gasteiger partial charge in [-0.15, -0.1) is 0 Å². The zero-order chi connectivity index (χ0) is 13.2. The van der Waals surface area contributed by atoms with Crippen LogP contribution in [-0.4, -0.2) is 47.5 Å². The Morgan fingerprint density at radius 3 is 2.74 bits per heavy atom. The second-order valence-electron chi connectivity index (χ2n) is 5.48. The first-order valence-electron chi connectivity index (χ1n) is 7.09. The lowest BCUT2D eigenvalue weighted by Crippen LogP contribution is -2.36. The van der Waals surface area contributed by atoms with E-state index in [1.54, 1.807) is 0 Å². The summed E-state index contributed by atoms with van der Waals surface area (Å²) in [5.74, 6) is 2.24. The zero-order valence-corrected chi connectivity index (χ0v) is 11.4. The van der Waals surface area contributed by atoms with Crippen LogP contribution in [0.4, 0.5) is 5.82 Å². The van der Waals surface area contributed by atoms with Crippen LogP contribution in [-0.2, 0) is 4.74 Å². The maximum atomic E-state index is 9.58. The first-order valence-corrected chi connectivity index (χ1v) is 7.09. The van der Waals surface area contributed by atoms with E-state index in [9.17, 15) is 5.11 Å². The van der Waals surface area contributed by atoms with Crippen molar-refractivity contribution >= 4 is 5.82 Å². The van der Waals surface area contributed by atoms with Crippen LogP contribution in [0.1, 0.15) is 36.7 Å². The molecule has 0 amide bonds. The van der Waals surface area contributed by atoms with Gasteiger partial charge in [0.2, 0.25) is 0 Å². The third-order valence-corrected chi connectivity index (χ3v) is 3.98. The molecule has 1 unspecified atom stereocenters. The summed E-state index contributed by atoms with van der Waals surface area (Å²) < 4.78 is 5.44. The normalized spacial score (nSPS) is 24.9. The van der Waals surface area contributed by atoms with Crippen molar-refractivity contribution < 1.29 is 9.84 Å². The Labute approximate surface area is 113 Å². The van der Waals surface area contributed by atoms with Crippen LogP contribution in [0.15, 0.2) is 6.07 Å². The van der Waals surface area contributed by atoms with Crippen LogP contribution in [0, 0.1) is 6.92 Å². The van der Waals surface area contributed by atoms with Crippen molar-refractivity contribution in [3.8, 4) is 0 Å². The van der Waals surface area contributed by atoms with Crippen LogP contribution < -0.4 is 4.90 Å². The minimum atomic E-state index is -0.151. The largest absolute Gasteiger partial charge is 0.393 e. The molecule has 1 N–H and O–H groups in total. The fourth-order valence-electron chi connectivity index (χ4n) is 2.81. The highest BCUT2D eigenvalue weighted by atomic mass is 16.5. The second kappa shape index (κ2) is 5.43. The average Bonchev–Trinajstić information content (AvgIpc) is 2.93. The molecule has 0 aromatic carbocycles. The number of ether oxygens (including phenoxy) is 1. The van der Waals surface area contributed by atoms with E-state index in [0.717, 1.165) is 62.9 Å². The van der Waals surface area contributed by atoms with Crippen LogP contribution in [0.3, 0.4) is 0 Å². The van der Waals surface area contributed by atoms with Crippen molar-refractivity contribution in [2.75, 3.05) is 31.2 Å². The zero-order valence-electron chi connectivity index (χ0n) is 11.4. The van der Waals surface area contributed by atoms with Crippen molar-refractivity contribution in [3.63, 3.8) is 0 Å². The molecule has 3 heterocycles. The molecule has 2 aliphatic heterocycles. The molecule has 104 valence electrons. The summed E-state index contributed by atoms with van der Waals surface area (Å²) in [4.78, 5) is 11.4. The van der Waals surface area contributed by atoms with Gasteiger partial charge in [-0.1, -0.05) is 0 Å². The summed E-state index contributed by atoms with van der Waals surface area (Å²) in [5, 5.41) is 9.58. The van der Waals surface area contributed by atoms with Crippen molar-refractivity contribution in [3.05, 3.63) is 17.6 Å². The quantitative estimate of drug-likeness (QED) is 0.870. The number of hydrogen-bond acceptors (Lipinski definition) is 5. The van der Waals surface area contributed by atoms with Gasteiger partial charge in [-0.25, -0.2) is 9.97 Å². The molecule has 1 aromatic heterocycles. The number of aryl methyl sites for hydroxylation is 1. The third-order valence-electron chi connectivity index (χ3n) is 3.98. The molecule has 1 atom stereocenters. The average molecular weight is 263 g/mol. The molecule has 0 radical (unpaired) electrons. The topological polar surface area (TPSA) is 58.5 Å². The fourth-order valence-corrected chi connectivity index (χ4v) is 2.81. The molecule has 5 heteroatoms. The molecule has 2 fully saturated rings. The molecule has 19 heavy (non-hydrogen) atoms. The fraction of sp³-hybridized carbons (Fsp3) is 0.714. The second-order valence-corrected chi connectivity index (χ2v) is 5.48. The molecule has 2 saturated heterocycles. The SMILES string of the molecule is Cc1nc(C2CCOC2)cc(N2CCC(O)CC2)n1. The molecule has 3 rings (SSSR count). The number of hydrogen-bond donors (Lipinski definition) is 1. The predicted octanol–water partition coefficient (Wildman–Crippen LogP) is 1.25. The number of aliphatic hydroxyl groups excluding tert-OH is 1. The summed E-state index contributed by atoms with van der Waals surface area (Å²) in [5.41, 5.74) is 1.10. The molecule has 0 saturated carbocycles. The van der Waals surface area contributed by atoms with E-state index in [1.165, 1.54) is 0 Å². The van der Waals surface area contributed by atoms with Gasteiger partial charge in [-0.3, -0.25) is 0 Å². The van der Waals surface area contributed by atoms with E-state index >= 15 is 0 Å². The summed E-state index contributed by atoms with van der Waals surface area (Å²) >= 11 is 0. The van der Waals surface area contributed by atoms with Crippen molar-refractivity contribution in [1.82, 2.24) is 9.97 Å². The van der Waals surface area contributed by atoms with Crippen LogP contribution in [0.25, 0.3) is 0 Å². The third kappa shape index (κ3) is 2.87. The lowest BCUT2D eigenvalue weighted by Gasteiger charge is -2.31. The molecule has 0 aliphatic carbocycles. The minimum Gasteiger partial charge on any atom is -0.393 e. The van der Waals surface area contributed by atoms with Gasteiger partial charge in [-0.05, 0) is 26.2 Å². The summed E-state index contributed by atoms with van der Waals surface area (Å²) in [6, 6.07) is 2.10. The monoisotopic (exact) mass is 263 g/mol. The van der Waals surface area contributed by atoms with Gasteiger partial charge in [0.05, 0.1) is 18.4 Å². The lowest BCUT2D eigenvalue weighted by atomic mass is 10.0. The summed E-state index contributed by atoms with van der Waals surface area (Å²) in [7, 11) is 0. The lowest BCUT2D eigenvalue weighted by molar-refractivity contribution is 0.145. The Balaban J connectivity index is 1.80. The smallest absolute Gasteiger partial charge is 0.132 e. The van der Waals surface area contributed by atoms with Crippen LogP contribution in [0.5, 0.6) is 0 Å². The van der Waals surface area contributed by atoms with E-state index in [0.29, 0.717) is 5.92 Å². The number of anilines is 1. The Hall–Kier alpha value is -1.20. The van der Waals surface area contributed by atoms with Gasteiger partial charge in [0.1, 0.15) is 11.6 Å². The van der Waals surface area contributed by atoms with Crippen molar-refractivity contribution in [2.24, 2.45) is 0 Å². The Morgan fingerprint density at radius 1 is 1.26 bits per heavy atom. The number of aliphatic hydroxyl groups is 1. The number of nitrogens with zero attached hydrogens (tertiary/aromatic N) is 3. The van der Waals surface area contributed by atoms with Crippen molar-refractivity contribution in [1.29, 1.82) is 0 Å².